The summed E-state index contributed by atoms with van der Waals surface area (Å²) in [7, 11) is 0. The molecule has 1 N–H and O–H groups in total. The molecule has 0 aliphatic heterocycles. The zero-order valence-corrected chi connectivity index (χ0v) is 11.0. The van der Waals surface area contributed by atoms with E-state index in [4.69, 9.17) is 0 Å². The number of anilines is 1. The Hall–Kier alpha value is -1.58. The topological polar surface area (TPSA) is 55.2 Å². The van der Waals surface area contributed by atoms with Gasteiger partial charge in [0.05, 0.1) is 4.92 Å². The summed E-state index contributed by atoms with van der Waals surface area (Å²) in [5, 5.41) is 14.6. The summed E-state index contributed by atoms with van der Waals surface area (Å²) < 4.78 is 0. The molecule has 3 aliphatic rings. The molecule has 2 bridgehead atoms. The van der Waals surface area contributed by atoms with Crippen LogP contribution in [-0.4, -0.2) is 11.0 Å². The van der Waals surface area contributed by atoms with Crippen LogP contribution < -0.4 is 5.32 Å². The number of hydrogen-bond acceptors (Lipinski definition) is 3. The molecule has 100 valence electrons. The van der Waals surface area contributed by atoms with Crippen LogP contribution in [-0.2, 0) is 0 Å². The lowest BCUT2D eigenvalue weighted by Crippen LogP contribution is -2.14. The SMILES string of the molecule is Cc1cccc([N+](=O)[O-])c1NC1C2C3CCC(C3)C12. The molecule has 1 aromatic rings. The van der Waals surface area contributed by atoms with Gasteiger partial charge < -0.3 is 5.32 Å². The monoisotopic (exact) mass is 258 g/mol. The molecule has 0 radical (unpaired) electrons. The molecule has 0 spiro atoms. The van der Waals surface area contributed by atoms with Crippen LogP contribution in [0.4, 0.5) is 11.4 Å². The van der Waals surface area contributed by atoms with E-state index in [1.165, 1.54) is 19.3 Å². The largest absolute Gasteiger partial charge is 0.376 e. The average molecular weight is 258 g/mol. The molecule has 0 aromatic heterocycles. The highest BCUT2D eigenvalue weighted by Gasteiger charge is 2.65. The second-order valence-corrected chi connectivity index (χ2v) is 6.38. The van der Waals surface area contributed by atoms with Gasteiger partial charge in [0.25, 0.3) is 5.69 Å². The van der Waals surface area contributed by atoms with Gasteiger partial charge in [-0.3, -0.25) is 10.1 Å². The maximum absolute atomic E-state index is 11.1. The Morgan fingerprint density at radius 1 is 1.26 bits per heavy atom. The number of rotatable bonds is 3. The standard InChI is InChI=1S/C15H18N2O2/c1-8-3-2-4-11(17(18)19)14(8)16-15-12-9-5-6-10(7-9)13(12)15/h2-4,9-10,12-13,15-16H,5-7H2,1H3. The van der Waals surface area contributed by atoms with Crippen LogP contribution in [0, 0.1) is 40.7 Å². The molecule has 1 aromatic carbocycles. The molecular weight excluding hydrogens is 240 g/mol. The number of nitro groups is 1. The highest BCUT2D eigenvalue weighted by atomic mass is 16.6. The minimum absolute atomic E-state index is 0.220. The predicted molar refractivity (Wildman–Crippen MR) is 73.1 cm³/mol. The summed E-state index contributed by atoms with van der Waals surface area (Å²) in [6.45, 7) is 1.95. The second kappa shape index (κ2) is 3.71. The molecule has 4 atom stereocenters. The van der Waals surface area contributed by atoms with Crippen LogP contribution in [0.25, 0.3) is 0 Å². The first kappa shape index (κ1) is 11.3. The number of aryl methyl sites for hydroxylation is 1. The number of nitrogens with one attached hydrogen (secondary N) is 1. The fourth-order valence-electron chi connectivity index (χ4n) is 4.68. The minimum atomic E-state index is -0.276. The second-order valence-electron chi connectivity index (χ2n) is 6.38. The van der Waals surface area contributed by atoms with E-state index < -0.39 is 0 Å². The van der Waals surface area contributed by atoms with Gasteiger partial charge in [0, 0.05) is 12.1 Å². The molecule has 19 heavy (non-hydrogen) atoms. The van der Waals surface area contributed by atoms with Crippen LogP contribution in [0.1, 0.15) is 24.8 Å². The lowest BCUT2D eigenvalue weighted by Gasteiger charge is -2.13. The van der Waals surface area contributed by atoms with E-state index in [1.807, 2.05) is 13.0 Å². The smallest absolute Gasteiger partial charge is 0.292 e. The highest BCUT2D eigenvalue weighted by Crippen LogP contribution is 2.66. The van der Waals surface area contributed by atoms with Crippen LogP contribution >= 0.6 is 0 Å². The summed E-state index contributed by atoms with van der Waals surface area (Å²) in [5.74, 6) is 3.35. The Balaban J connectivity index is 1.60. The minimum Gasteiger partial charge on any atom is -0.376 e. The Bertz CT molecular complexity index is 541. The van der Waals surface area contributed by atoms with Gasteiger partial charge in [-0.15, -0.1) is 0 Å². The van der Waals surface area contributed by atoms with Crippen molar-refractivity contribution in [3.63, 3.8) is 0 Å². The molecule has 4 rings (SSSR count). The molecule has 3 saturated carbocycles. The Morgan fingerprint density at radius 3 is 2.58 bits per heavy atom. The van der Waals surface area contributed by atoms with E-state index in [0.29, 0.717) is 6.04 Å². The van der Waals surface area contributed by atoms with Gasteiger partial charge >= 0.3 is 0 Å². The van der Waals surface area contributed by atoms with Gasteiger partial charge in [0.2, 0.25) is 0 Å². The zero-order chi connectivity index (χ0) is 13.1. The van der Waals surface area contributed by atoms with E-state index >= 15 is 0 Å². The van der Waals surface area contributed by atoms with Crippen molar-refractivity contribution in [2.75, 3.05) is 5.32 Å². The van der Waals surface area contributed by atoms with E-state index in [2.05, 4.69) is 5.32 Å². The number of benzene rings is 1. The summed E-state index contributed by atoms with van der Waals surface area (Å²) >= 11 is 0. The van der Waals surface area contributed by atoms with Gasteiger partial charge in [-0.05, 0) is 55.4 Å². The molecule has 0 heterocycles. The fourth-order valence-corrected chi connectivity index (χ4v) is 4.68. The lowest BCUT2D eigenvalue weighted by molar-refractivity contribution is -0.384. The molecular formula is C15H18N2O2. The van der Waals surface area contributed by atoms with Gasteiger partial charge in [0.15, 0.2) is 0 Å². The summed E-state index contributed by atoms with van der Waals surface area (Å²) in [4.78, 5) is 10.9. The quantitative estimate of drug-likeness (QED) is 0.668. The maximum Gasteiger partial charge on any atom is 0.292 e. The average Bonchev–Trinajstić information content (AvgIpc) is 2.79. The van der Waals surface area contributed by atoms with Crippen molar-refractivity contribution in [3.05, 3.63) is 33.9 Å². The first-order chi connectivity index (χ1) is 9.16. The molecule has 0 amide bonds. The zero-order valence-electron chi connectivity index (χ0n) is 11.0. The van der Waals surface area contributed by atoms with E-state index in [0.717, 1.165) is 34.9 Å². The summed E-state index contributed by atoms with van der Waals surface area (Å²) in [6, 6.07) is 5.80. The van der Waals surface area contributed by atoms with Gasteiger partial charge in [-0.2, -0.15) is 0 Å². The third-order valence-corrected chi connectivity index (χ3v) is 5.49. The summed E-state index contributed by atoms with van der Waals surface area (Å²) in [6.07, 6.45) is 4.16. The lowest BCUT2D eigenvalue weighted by atomic mass is 10.0. The Kier molecular flexibility index (Phi) is 2.20. The van der Waals surface area contributed by atoms with Crippen LogP contribution in [0.2, 0.25) is 0 Å². The first-order valence-corrected chi connectivity index (χ1v) is 7.17. The Morgan fingerprint density at radius 2 is 1.95 bits per heavy atom. The molecule has 4 unspecified atom stereocenters. The van der Waals surface area contributed by atoms with Gasteiger partial charge in [-0.25, -0.2) is 0 Å². The van der Waals surface area contributed by atoms with Crippen molar-refractivity contribution in [3.8, 4) is 0 Å². The molecule has 0 saturated heterocycles. The van der Waals surface area contributed by atoms with Crippen molar-refractivity contribution in [2.45, 2.75) is 32.2 Å². The number of hydrogen-bond donors (Lipinski definition) is 1. The van der Waals surface area contributed by atoms with E-state index in [-0.39, 0.29) is 10.6 Å². The van der Waals surface area contributed by atoms with Crippen molar-refractivity contribution < 1.29 is 4.92 Å². The predicted octanol–water partition coefficient (Wildman–Crippen LogP) is 3.36. The van der Waals surface area contributed by atoms with Crippen molar-refractivity contribution in [1.82, 2.24) is 0 Å². The Labute approximate surface area is 112 Å². The van der Waals surface area contributed by atoms with Crippen molar-refractivity contribution in [1.29, 1.82) is 0 Å². The number of fused-ring (bicyclic) bond motifs is 5. The fraction of sp³-hybridized carbons (Fsp3) is 0.600. The van der Waals surface area contributed by atoms with Crippen molar-refractivity contribution in [2.24, 2.45) is 23.7 Å². The van der Waals surface area contributed by atoms with E-state index in [1.54, 1.807) is 12.1 Å². The summed E-state index contributed by atoms with van der Waals surface area (Å²) in [5.41, 5.74) is 1.94. The van der Waals surface area contributed by atoms with Gasteiger partial charge in [-0.1, -0.05) is 12.1 Å². The molecule has 3 fully saturated rings. The number of para-hydroxylation sites is 1. The third kappa shape index (κ3) is 1.52. The van der Waals surface area contributed by atoms with Crippen LogP contribution in [0.15, 0.2) is 18.2 Å². The molecule has 4 nitrogen and oxygen atoms in total. The van der Waals surface area contributed by atoms with Crippen LogP contribution in [0.3, 0.4) is 0 Å². The molecule has 4 heteroatoms. The first-order valence-electron chi connectivity index (χ1n) is 7.17. The third-order valence-electron chi connectivity index (χ3n) is 5.49. The van der Waals surface area contributed by atoms with Crippen molar-refractivity contribution >= 4 is 11.4 Å². The molecule has 3 aliphatic carbocycles. The maximum atomic E-state index is 11.1. The van der Waals surface area contributed by atoms with Gasteiger partial charge in [0.1, 0.15) is 5.69 Å². The number of nitrogens with zero attached hydrogens (tertiary/aromatic N) is 1. The normalized spacial score (nSPS) is 38.1. The van der Waals surface area contributed by atoms with E-state index in [9.17, 15) is 10.1 Å². The van der Waals surface area contributed by atoms with Crippen LogP contribution in [0.5, 0.6) is 0 Å². The number of nitro benzene ring substituents is 1. The highest BCUT2D eigenvalue weighted by molar-refractivity contribution is 5.67.